The maximum Gasteiger partial charge on any atom is 0.344 e. The lowest BCUT2D eigenvalue weighted by Crippen LogP contribution is -2.51. The number of carbonyl (C=O) groups excluding carboxylic acids is 1. The molecule has 0 fully saturated rings. The minimum Gasteiger partial charge on any atom is -0.350 e. The summed E-state index contributed by atoms with van der Waals surface area (Å²) in [5.41, 5.74) is 7.20. The molecule has 3 N–H and O–H groups in total. The van der Waals surface area contributed by atoms with Crippen LogP contribution in [0.15, 0.2) is 23.1 Å². The molecule has 0 atom stereocenters. The topological polar surface area (TPSA) is 139 Å². The highest BCUT2D eigenvalue weighted by Gasteiger charge is 2.40. The monoisotopic (exact) mass is 287 g/mol. The summed E-state index contributed by atoms with van der Waals surface area (Å²) in [6.07, 6.45) is 0.952. The highest BCUT2D eigenvalue weighted by Crippen LogP contribution is 2.38. The average molecular weight is 287 g/mol. The molecule has 0 spiro atoms. The number of sulfone groups is 1. The smallest absolute Gasteiger partial charge is 0.344 e. The molecule has 102 valence electrons. The van der Waals surface area contributed by atoms with Crippen molar-refractivity contribution in [2.24, 2.45) is 5.73 Å². The van der Waals surface area contributed by atoms with Gasteiger partial charge in [-0.1, -0.05) is 6.07 Å². The van der Waals surface area contributed by atoms with Crippen LogP contribution in [0.3, 0.4) is 0 Å². The number of hydrogen-bond acceptors (Lipinski definition) is 6. The Kier molecular flexibility index (Phi) is 2.70. The third kappa shape index (κ3) is 1.99. The van der Waals surface area contributed by atoms with Gasteiger partial charge < -0.3 is 5.73 Å². The molecule has 10 nitrogen and oxygen atoms in total. The molecule has 0 bridgehead atoms. The van der Waals surface area contributed by atoms with Crippen molar-refractivity contribution >= 4 is 27.2 Å². The summed E-state index contributed by atoms with van der Waals surface area (Å²) < 4.78 is 23.2. The molecular formula is C8H9N5O5S. The molecule has 0 saturated heterocycles. The van der Waals surface area contributed by atoms with Crippen LogP contribution in [0.4, 0.5) is 16.2 Å². The Morgan fingerprint density at radius 3 is 2.58 bits per heavy atom. The van der Waals surface area contributed by atoms with Gasteiger partial charge in [0, 0.05) is 6.26 Å². The summed E-state index contributed by atoms with van der Waals surface area (Å²) in [7, 11) is -3.62. The number of nitrogens with two attached hydrogens (primary N) is 1. The minimum absolute atomic E-state index is 0.00729. The van der Waals surface area contributed by atoms with Crippen LogP contribution >= 0.6 is 0 Å². The number of fused-ring (bicyclic) bond motifs is 1. The predicted molar refractivity (Wildman–Crippen MR) is 64.1 cm³/mol. The number of nitro groups is 1. The number of nitrogens with zero attached hydrogens (tertiary/aromatic N) is 3. The van der Waals surface area contributed by atoms with Gasteiger partial charge in [-0.3, -0.25) is 0 Å². The van der Waals surface area contributed by atoms with E-state index in [-0.39, 0.29) is 21.5 Å². The number of carbonyl (C=O) groups is 1. The van der Waals surface area contributed by atoms with Gasteiger partial charge in [0.1, 0.15) is 11.4 Å². The van der Waals surface area contributed by atoms with Crippen LogP contribution in [0.5, 0.6) is 0 Å². The van der Waals surface area contributed by atoms with Crippen LogP contribution in [0.25, 0.3) is 0 Å². The van der Waals surface area contributed by atoms with Crippen molar-refractivity contribution in [2.45, 2.75) is 4.90 Å². The highest BCUT2D eigenvalue weighted by molar-refractivity contribution is 7.90. The van der Waals surface area contributed by atoms with E-state index in [9.17, 15) is 23.3 Å². The van der Waals surface area contributed by atoms with Crippen molar-refractivity contribution in [1.82, 2.24) is 5.23 Å². The number of hydrazine groups is 3. The number of benzene rings is 1. The Balaban J connectivity index is 2.66. The number of primary amides is 1. The molecule has 0 aliphatic carbocycles. The normalized spacial score (nSPS) is 13.9. The van der Waals surface area contributed by atoms with Crippen LogP contribution in [0, 0.1) is 10.1 Å². The van der Waals surface area contributed by atoms with Crippen molar-refractivity contribution < 1.29 is 18.2 Å². The van der Waals surface area contributed by atoms with Gasteiger partial charge >= 0.3 is 6.03 Å². The molecule has 11 heteroatoms. The number of amides is 2. The zero-order valence-corrected chi connectivity index (χ0v) is 10.4. The molecule has 0 unspecified atom stereocenters. The lowest BCUT2D eigenvalue weighted by Gasteiger charge is -2.16. The van der Waals surface area contributed by atoms with Gasteiger partial charge in [0.15, 0.2) is 9.84 Å². The number of para-hydroxylation sites is 1. The molecular weight excluding hydrogens is 278 g/mol. The van der Waals surface area contributed by atoms with Gasteiger partial charge in [-0.2, -0.15) is 0 Å². The Hall–Kier alpha value is -2.56. The van der Waals surface area contributed by atoms with Crippen LogP contribution < -0.4 is 16.2 Å². The van der Waals surface area contributed by atoms with Crippen LogP contribution in [0.2, 0.25) is 0 Å². The van der Waals surface area contributed by atoms with Crippen LogP contribution in [-0.2, 0) is 9.84 Å². The van der Waals surface area contributed by atoms with Gasteiger partial charge in [0.2, 0.25) is 5.03 Å². The summed E-state index contributed by atoms with van der Waals surface area (Å²) in [5, 5.41) is 10.6. The first kappa shape index (κ1) is 12.9. The minimum atomic E-state index is -3.62. The molecule has 1 aromatic rings. The molecule has 0 aromatic heterocycles. The quantitative estimate of drug-likeness (QED) is 0.563. The molecule has 19 heavy (non-hydrogen) atoms. The fourth-order valence-electron chi connectivity index (χ4n) is 1.70. The third-order valence-electron chi connectivity index (χ3n) is 2.40. The molecule has 0 saturated carbocycles. The molecule has 1 aliphatic heterocycles. The molecule has 2 amide bonds. The van der Waals surface area contributed by atoms with E-state index in [1.54, 1.807) is 0 Å². The number of anilines is 2. The third-order valence-corrected chi connectivity index (χ3v) is 3.54. The number of hydrogen-bond donors (Lipinski definition) is 2. The van der Waals surface area contributed by atoms with E-state index >= 15 is 0 Å². The zero-order chi connectivity index (χ0) is 14.4. The molecule has 0 radical (unpaired) electrons. The van der Waals surface area contributed by atoms with E-state index in [0.717, 1.165) is 6.26 Å². The van der Waals surface area contributed by atoms with E-state index in [0.29, 0.717) is 5.01 Å². The van der Waals surface area contributed by atoms with E-state index in [1.807, 2.05) is 0 Å². The second-order valence-corrected chi connectivity index (χ2v) is 5.70. The Bertz CT molecular complexity index is 672. The lowest BCUT2D eigenvalue weighted by atomic mass is 10.3. The lowest BCUT2D eigenvalue weighted by molar-refractivity contribution is -0.647. The molecule has 1 heterocycles. The first-order valence-electron chi connectivity index (χ1n) is 4.87. The van der Waals surface area contributed by atoms with Crippen LogP contribution in [-0.4, -0.2) is 31.0 Å². The standard InChI is InChI=1S/C8H9N5O5S/c1-19(17,18)6-4-2-3-5-7(6)10-12(13(15)16)11(5)8(9)14/h2-4,10H,1H3,(H2,9,14). The summed E-state index contributed by atoms with van der Waals surface area (Å²) in [5.74, 6) is 0. The van der Waals surface area contributed by atoms with E-state index in [4.69, 9.17) is 5.73 Å². The average Bonchev–Trinajstić information content (AvgIpc) is 2.66. The number of nitrogens with one attached hydrogen (secondary N) is 1. The van der Waals surface area contributed by atoms with Gasteiger partial charge in [-0.15, -0.1) is 5.01 Å². The fraction of sp³-hybridized carbons (Fsp3) is 0.125. The van der Waals surface area contributed by atoms with Gasteiger partial charge in [-0.05, 0) is 12.1 Å². The first-order chi connectivity index (χ1) is 8.73. The molecule has 1 aliphatic rings. The molecule has 2 rings (SSSR count). The van der Waals surface area contributed by atoms with Crippen molar-refractivity contribution in [3.63, 3.8) is 0 Å². The first-order valence-corrected chi connectivity index (χ1v) is 6.76. The number of urea groups is 1. The summed E-state index contributed by atoms with van der Waals surface area (Å²) in [4.78, 5) is 21.9. The Labute approximate surface area is 107 Å². The van der Waals surface area contributed by atoms with Crippen molar-refractivity contribution in [2.75, 3.05) is 16.7 Å². The summed E-state index contributed by atoms with van der Waals surface area (Å²) >= 11 is 0. The van der Waals surface area contributed by atoms with E-state index < -0.39 is 20.9 Å². The van der Waals surface area contributed by atoms with Crippen molar-refractivity contribution in [3.8, 4) is 0 Å². The highest BCUT2D eigenvalue weighted by atomic mass is 32.2. The second kappa shape index (κ2) is 3.98. The fourth-order valence-corrected chi connectivity index (χ4v) is 2.54. The summed E-state index contributed by atoms with van der Waals surface area (Å²) in [6, 6.07) is 2.85. The predicted octanol–water partition coefficient (Wildman–Crippen LogP) is -0.276. The van der Waals surface area contributed by atoms with Gasteiger partial charge in [-0.25, -0.2) is 28.8 Å². The van der Waals surface area contributed by atoms with Crippen molar-refractivity contribution in [1.29, 1.82) is 0 Å². The van der Waals surface area contributed by atoms with E-state index in [1.165, 1.54) is 18.2 Å². The second-order valence-electron chi connectivity index (χ2n) is 3.71. The SMILES string of the molecule is CS(=O)(=O)c1cccc2c1NN([N+](=O)[O-])N2C(N)=O. The summed E-state index contributed by atoms with van der Waals surface area (Å²) in [6.45, 7) is 0. The number of rotatable bonds is 2. The van der Waals surface area contributed by atoms with Gasteiger partial charge in [0.05, 0.1) is 10.1 Å². The molecule has 1 aromatic carbocycles. The van der Waals surface area contributed by atoms with Crippen LogP contribution in [0.1, 0.15) is 0 Å². The van der Waals surface area contributed by atoms with E-state index in [2.05, 4.69) is 5.43 Å². The zero-order valence-electron chi connectivity index (χ0n) is 9.60. The Morgan fingerprint density at radius 1 is 1.47 bits per heavy atom. The van der Waals surface area contributed by atoms with Gasteiger partial charge in [0.25, 0.3) is 0 Å². The maximum absolute atomic E-state index is 11.6. The van der Waals surface area contributed by atoms with Crippen molar-refractivity contribution in [3.05, 3.63) is 28.3 Å². The maximum atomic E-state index is 11.6. The Morgan fingerprint density at radius 2 is 2.11 bits per heavy atom. The largest absolute Gasteiger partial charge is 0.350 e.